The minimum atomic E-state index is 0.896. The molecule has 0 bridgehead atoms. The molecule has 1 nitrogen and oxygen atoms in total. The zero-order valence-electron chi connectivity index (χ0n) is 7.29. The maximum Gasteiger partial charge on any atom is 0.0742 e. The Hall–Kier alpha value is -0.980. The SMILES string of the molecule is CCc1cc(N=C=S)ccc1C. The van der Waals surface area contributed by atoms with Crippen molar-refractivity contribution in [3.8, 4) is 0 Å². The Labute approximate surface area is 78.1 Å². The smallest absolute Gasteiger partial charge is 0.0742 e. The molecule has 0 saturated carbocycles. The van der Waals surface area contributed by atoms with Crippen LogP contribution in [0.15, 0.2) is 23.2 Å². The van der Waals surface area contributed by atoms with E-state index in [0.29, 0.717) is 0 Å². The van der Waals surface area contributed by atoms with E-state index in [0.717, 1.165) is 12.1 Å². The topological polar surface area (TPSA) is 12.4 Å². The summed E-state index contributed by atoms with van der Waals surface area (Å²) < 4.78 is 0. The number of aliphatic imine (C=N–C) groups is 1. The molecule has 0 spiro atoms. The van der Waals surface area contributed by atoms with Crippen LogP contribution in [-0.2, 0) is 6.42 Å². The molecular weight excluding hydrogens is 166 g/mol. The van der Waals surface area contributed by atoms with Gasteiger partial charge in [0.2, 0.25) is 0 Å². The first-order chi connectivity index (χ1) is 5.77. The van der Waals surface area contributed by atoms with Crippen molar-refractivity contribution >= 4 is 23.1 Å². The molecule has 12 heavy (non-hydrogen) atoms. The van der Waals surface area contributed by atoms with E-state index in [1.165, 1.54) is 11.1 Å². The van der Waals surface area contributed by atoms with Crippen LogP contribution in [0.25, 0.3) is 0 Å². The summed E-state index contributed by atoms with van der Waals surface area (Å²) in [5, 5.41) is 2.36. The number of thiocarbonyl (C=S) groups is 1. The van der Waals surface area contributed by atoms with Crippen molar-refractivity contribution < 1.29 is 0 Å². The fourth-order valence-corrected chi connectivity index (χ4v) is 1.27. The molecule has 0 heterocycles. The zero-order chi connectivity index (χ0) is 8.97. The third kappa shape index (κ3) is 2.00. The lowest BCUT2D eigenvalue weighted by Crippen LogP contribution is -1.84. The predicted octanol–water partition coefficient (Wildman–Crippen LogP) is 3.29. The summed E-state index contributed by atoms with van der Waals surface area (Å²) in [6.45, 7) is 4.23. The van der Waals surface area contributed by atoms with E-state index >= 15 is 0 Å². The molecule has 0 aliphatic rings. The van der Waals surface area contributed by atoms with E-state index < -0.39 is 0 Å². The summed E-state index contributed by atoms with van der Waals surface area (Å²) >= 11 is 4.53. The quantitative estimate of drug-likeness (QED) is 0.499. The number of hydrogen-bond donors (Lipinski definition) is 0. The van der Waals surface area contributed by atoms with Gasteiger partial charge in [-0.1, -0.05) is 13.0 Å². The molecule has 1 rings (SSSR count). The minimum absolute atomic E-state index is 0.896. The second kappa shape index (κ2) is 4.15. The monoisotopic (exact) mass is 177 g/mol. The first kappa shape index (κ1) is 9.11. The molecule has 0 unspecified atom stereocenters. The van der Waals surface area contributed by atoms with E-state index in [4.69, 9.17) is 0 Å². The van der Waals surface area contributed by atoms with Crippen LogP contribution in [-0.4, -0.2) is 5.16 Å². The largest absolute Gasteiger partial charge is 0.195 e. The van der Waals surface area contributed by atoms with E-state index in [1.807, 2.05) is 6.07 Å². The Morgan fingerprint density at radius 2 is 2.25 bits per heavy atom. The van der Waals surface area contributed by atoms with Crippen molar-refractivity contribution in [3.05, 3.63) is 29.3 Å². The summed E-state index contributed by atoms with van der Waals surface area (Å²) in [4.78, 5) is 3.92. The molecule has 1 aromatic rings. The van der Waals surface area contributed by atoms with E-state index in [1.54, 1.807) is 0 Å². The Morgan fingerprint density at radius 3 is 2.83 bits per heavy atom. The fourth-order valence-electron chi connectivity index (χ4n) is 1.16. The first-order valence-corrected chi connectivity index (χ1v) is 4.36. The van der Waals surface area contributed by atoms with Gasteiger partial charge in [0.15, 0.2) is 0 Å². The van der Waals surface area contributed by atoms with Crippen molar-refractivity contribution in [2.75, 3.05) is 0 Å². The van der Waals surface area contributed by atoms with Gasteiger partial charge in [-0.3, -0.25) is 0 Å². The van der Waals surface area contributed by atoms with Crippen LogP contribution in [0, 0.1) is 6.92 Å². The van der Waals surface area contributed by atoms with E-state index in [2.05, 4.69) is 48.4 Å². The standard InChI is InChI=1S/C10H11NS/c1-3-9-6-10(11-7-12)5-4-8(9)2/h4-6H,3H2,1-2H3. The molecule has 0 N–H and O–H groups in total. The summed E-state index contributed by atoms with van der Waals surface area (Å²) in [6, 6.07) is 6.06. The maximum absolute atomic E-state index is 4.53. The lowest BCUT2D eigenvalue weighted by Gasteiger charge is -2.01. The van der Waals surface area contributed by atoms with Gasteiger partial charge in [0, 0.05) is 0 Å². The molecule has 0 fully saturated rings. The molecule has 0 amide bonds. The number of aryl methyl sites for hydroxylation is 2. The van der Waals surface area contributed by atoms with Crippen LogP contribution in [0.3, 0.4) is 0 Å². The number of hydrogen-bond acceptors (Lipinski definition) is 2. The summed E-state index contributed by atoms with van der Waals surface area (Å²) in [5.41, 5.74) is 3.52. The van der Waals surface area contributed by atoms with Gasteiger partial charge in [0.25, 0.3) is 0 Å². The molecular formula is C10H11NS. The zero-order valence-corrected chi connectivity index (χ0v) is 8.11. The Kier molecular flexibility index (Phi) is 3.15. The number of benzene rings is 1. The molecule has 0 saturated heterocycles. The maximum atomic E-state index is 4.53. The van der Waals surface area contributed by atoms with Crippen molar-refractivity contribution in [2.45, 2.75) is 20.3 Å². The molecule has 0 aliphatic carbocycles. The van der Waals surface area contributed by atoms with Gasteiger partial charge in [-0.05, 0) is 48.8 Å². The fraction of sp³-hybridized carbons (Fsp3) is 0.300. The van der Waals surface area contributed by atoms with Crippen LogP contribution in [0.2, 0.25) is 0 Å². The van der Waals surface area contributed by atoms with Gasteiger partial charge in [-0.25, -0.2) is 0 Å². The third-order valence-corrected chi connectivity index (χ3v) is 1.98. The first-order valence-electron chi connectivity index (χ1n) is 3.95. The number of nitrogens with zero attached hydrogens (tertiary/aromatic N) is 1. The highest BCUT2D eigenvalue weighted by atomic mass is 32.1. The van der Waals surface area contributed by atoms with Crippen LogP contribution >= 0.6 is 12.2 Å². The minimum Gasteiger partial charge on any atom is -0.195 e. The molecule has 1 aromatic carbocycles. The summed E-state index contributed by atoms with van der Waals surface area (Å²) in [6.07, 6.45) is 1.03. The van der Waals surface area contributed by atoms with Gasteiger partial charge >= 0.3 is 0 Å². The normalized spacial score (nSPS) is 9.17. The lowest BCUT2D eigenvalue weighted by atomic mass is 10.1. The van der Waals surface area contributed by atoms with Gasteiger partial charge in [0.1, 0.15) is 0 Å². The molecule has 0 aromatic heterocycles. The Balaban J connectivity index is 3.13. The van der Waals surface area contributed by atoms with Gasteiger partial charge in [0.05, 0.1) is 10.8 Å². The highest BCUT2D eigenvalue weighted by Gasteiger charge is 1.96. The average molecular weight is 177 g/mol. The molecule has 0 atom stereocenters. The summed E-state index contributed by atoms with van der Waals surface area (Å²) in [7, 11) is 0. The van der Waals surface area contributed by atoms with E-state index in [-0.39, 0.29) is 0 Å². The highest BCUT2D eigenvalue weighted by molar-refractivity contribution is 7.78. The average Bonchev–Trinajstić information content (AvgIpc) is 2.09. The predicted molar refractivity (Wildman–Crippen MR) is 55.2 cm³/mol. The van der Waals surface area contributed by atoms with E-state index in [9.17, 15) is 0 Å². The third-order valence-electron chi connectivity index (χ3n) is 1.89. The van der Waals surface area contributed by atoms with Crippen molar-refractivity contribution in [2.24, 2.45) is 4.99 Å². The number of rotatable bonds is 2. The van der Waals surface area contributed by atoms with Crippen LogP contribution in [0.1, 0.15) is 18.1 Å². The van der Waals surface area contributed by atoms with Crippen LogP contribution in [0.4, 0.5) is 5.69 Å². The molecule has 2 heteroatoms. The summed E-state index contributed by atoms with van der Waals surface area (Å²) in [5.74, 6) is 0. The Bertz CT molecular complexity index is 325. The molecule has 0 aliphatic heterocycles. The van der Waals surface area contributed by atoms with Gasteiger partial charge in [-0.2, -0.15) is 4.99 Å². The van der Waals surface area contributed by atoms with Crippen LogP contribution in [0.5, 0.6) is 0 Å². The highest BCUT2D eigenvalue weighted by Crippen LogP contribution is 2.17. The molecule has 0 radical (unpaired) electrons. The second-order valence-corrected chi connectivity index (χ2v) is 2.85. The lowest BCUT2D eigenvalue weighted by molar-refractivity contribution is 1.11. The van der Waals surface area contributed by atoms with Crippen molar-refractivity contribution in [1.29, 1.82) is 0 Å². The van der Waals surface area contributed by atoms with Gasteiger partial charge in [-0.15, -0.1) is 0 Å². The Morgan fingerprint density at radius 1 is 1.50 bits per heavy atom. The number of isothiocyanates is 1. The van der Waals surface area contributed by atoms with Gasteiger partial charge < -0.3 is 0 Å². The van der Waals surface area contributed by atoms with Crippen molar-refractivity contribution in [3.63, 3.8) is 0 Å². The second-order valence-electron chi connectivity index (χ2n) is 2.67. The van der Waals surface area contributed by atoms with Crippen molar-refractivity contribution in [1.82, 2.24) is 0 Å². The van der Waals surface area contributed by atoms with Crippen LogP contribution < -0.4 is 0 Å². The molecule has 62 valence electrons.